The van der Waals surface area contributed by atoms with Crippen LogP contribution >= 0.6 is 0 Å². The van der Waals surface area contributed by atoms with Gasteiger partial charge in [0.05, 0.1) is 11.2 Å². The smallest absolute Gasteiger partial charge is 0.262 e. The first kappa shape index (κ1) is 14.2. The van der Waals surface area contributed by atoms with Gasteiger partial charge in [0, 0.05) is 12.1 Å². The van der Waals surface area contributed by atoms with Crippen LogP contribution in [0.2, 0.25) is 0 Å². The summed E-state index contributed by atoms with van der Waals surface area (Å²) in [4.78, 5) is 23.6. The Morgan fingerprint density at radius 2 is 2.17 bits per heavy atom. The molecule has 1 aromatic heterocycles. The zero-order chi connectivity index (χ0) is 16.5. The lowest BCUT2D eigenvalue weighted by molar-refractivity contribution is -0.118. The van der Waals surface area contributed by atoms with Gasteiger partial charge in [0.25, 0.3) is 11.8 Å². The first-order chi connectivity index (χ1) is 11.7. The van der Waals surface area contributed by atoms with Crippen LogP contribution in [0.5, 0.6) is 5.75 Å². The SMILES string of the molecule is O=C1COc2ccc(CNC(=O)c3ccc4[nH]nnc4c3)cc2N1. The van der Waals surface area contributed by atoms with Crippen LogP contribution in [0.25, 0.3) is 11.0 Å². The van der Waals surface area contributed by atoms with Crippen molar-refractivity contribution >= 4 is 28.5 Å². The molecule has 2 amide bonds. The number of carbonyl (C=O) groups is 2. The molecule has 0 radical (unpaired) electrons. The molecule has 1 aliphatic heterocycles. The number of nitrogens with zero attached hydrogens (tertiary/aromatic N) is 2. The van der Waals surface area contributed by atoms with Crippen LogP contribution in [-0.4, -0.2) is 33.8 Å². The van der Waals surface area contributed by atoms with Gasteiger partial charge in [-0.25, -0.2) is 0 Å². The highest BCUT2D eigenvalue weighted by Gasteiger charge is 2.16. The lowest BCUT2D eigenvalue weighted by Crippen LogP contribution is -2.26. The number of benzene rings is 2. The van der Waals surface area contributed by atoms with Crippen molar-refractivity contribution in [3.05, 3.63) is 47.5 Å². The number of amides is 2. The fourth-order valence-corrected chi connectivity index (χ4v) is 2.51. The second-order valence-corrected chi connectivity index (χ2v) is 5.39. The number of aromatic amines is 1. The predicted octanol–water partition coefficient (Wildman–Crippen LogP) is 1.22. The summed E-state index contributed by atoms with van der Waals surface area (Å²) in [6.45, 7) is 0.354. The molecule has 0 fully saturated rings. The third-order valence-electron chi connectivity index (χ3n) is 3.72. The van der Waals surface area contributed by atoms with Crippen LogP contribution in [0.1, 0.15) is 15.9 Å². The van der Waals surface area contributed by atoms with E-state index >= 15 is 0 Å². The van der Waals surface area contributed by atoms with Gasteiger partial charge in [-0.2, -0.15) is 0 Å². The fraction of sp³-hybridized carbons (Fsp3) is 0.125. The molecule has 0 aliphatic carbocycles. The monoisotopic (exact) mass is 323 g/mol. The van der Waals surface area contributed by atoms with E-state index in [9.17, 15) is 9.59 Å². The molecular formula is C16H13N5O3. The van der Waals surface area contributed by atoms with Gasteiger partial charge < -0.3 is 15.4 Å². The largest absolute Gasteiger partial charge is 0.482 e. The van der Waals surface area contributed by atoms with Gasteiger partial charge >= 0.3 is 0 Å². The van der Waals surface area contributed by atoms with Crippen LogP contribution in [0.4, 0.5) is 5.69 Å². The lowest BCUT2D eigenvalue weighted by atomic mass is 10.1. The number of H-pyrrole nitrogens is 1. The van der Waals surface area contributed by atoms with E-state index in [1.54, 1.807) is 30.3 Å². The standard InChI is InChI=1S/C16H13N5O3/c22-15-8-24-14-4-1-9(5-13(14)18-15)7-17-16(23)10-2-3-11-12(6-10)20-21-19-11/h1-6H,7-8H2,(H,17,23)(H,18,22)(H,19,20,21). The second kappa shape index (κ2) is 5.65. The second-order valence-electron chi connectivity index (χ2n) is 5.39. The highest BCUT2D eigenvalue weighted by molar-refractivity contribution is 5.97. The summed E-state index contributed by atoms with van der Waals surface area (Å²) >= 11 is 0. The number of carbonyl (C=O) groups excluding carboxylic acids is 2. The zero-order valence-corrected chi connectivity index (χ0v) is 12.5. The lowest BCUT2D eigenvalue weighted by Gasteiger charge is -2.18. The van der Waals surface area contributed by atoms with Crippen molar-refractivity contribution in [2.75, 3.05) is 11.9 Å². The van der Waals surface area contributed by atoms with E-state index in [0.717, 1.165) is 11.1 Å². The van der Waals surface area contributed by atoms with Crippen molar-refractivity contribution in [1.82, 2.24) is 20.7 Å². The first-order valence-electron chi connectivity index (χ1n) is 7.33. The van der Waals surface area contributed by atoms with Gasteiger partial charge in [0.15, 0.2) is 6.61 Å². The van der Waals surface area contributed by atoms with Gasteiger partial charge in [-0.1, -0.05) is 11.3 Å². The number of hydrogen-bond donors (Lipinski definition) is 3. The quantitative estimate of drug-likeness (QED) is 0.671. The van der Waals surface area contributed by atoms with E-state index < -0.39 is 0 Å². The maximum atomic E-state index is 12.3. The molecule has 3 N–H and O–H groups in total. The summed E-state index contributed by atoms with van der Waals surface area (Å²) in [6, 6.07) is 10.5. The third kappa shape index (κ3) is 2.65. The minimum atomic E-state index is -0.210. The van der Waals surface area contributed by atoms with Crippen molar-refractivity contribution in [3.63, 3.8) is 0 Å². The van der Waals surface area contributed by atoms with E-state index in [-0.39, 0.29) is 18.4 Å². The molecule has 0 bridgehead atoms. The van der Waals surface area contributed by atoms with Crippen LogP contribution in [0, 0.1) is 0 Å². The van der Waals surface area contributed by atoms with Crippen molar-refractivity contribution in [1.29, 1.82) is 0 Å². The maximum absolute atomic E-state index is 12.3. The van der Waals surface area contributed by atoms with Crippen molar-refractivity contribution in [2.45, 2.75) is 6.54 Å². The van der Waals surface area contributed by atoms with Gasteiger partial charge in [-0.3, -0.25) is 14.7 Å². The normalized spacial score (nSPS) is 13.1. The van der Waals surface area contributed by atoms with Gasteiger partial charge in [-0.15, -0.1) is 5.10 Å². The Morgan fingerprint density at radius 1 is 1.25 bits per heavy atom. The Kier molecular flexibility index (Phi) is 3.34. The molecule has 1 aliphatic rings. The summed E-state index contributed by atoms with van der Waals surface area (Å²) in [6.07, 6.45) is 0. The van der Waals surface area contributed by atoms with Gasteiger partial charge in [0.1, 0.15) is 11.3 Å². The minimum Gasteiger partial charge on any atom is -0.482 e. The number of ether oxygens (including phenoxy) is 1. The van der Waals surface area contributed by atoms with Crippen molar-refractivity contribution in [3.8, 4) is 5.75 Å². The van der Waals surface area contributed by atoms with E-state index in [1.807, 2.05) is 6.07 Å². The number of nitrogens with one attached hydrogen (secondary N) is 3. The molecule has 8 heteroatoms. The van der Waals surface area contributed by atoms with Crippen LogP contribution in [0.3, 0.4) is 0 Å². The molecule has 0 saturated heterocycles. The fourth-order valence-electron chi connectivity index (χ4n) is 2.51. The Morgan fingerprint density at radius 3 is 3.08 bits per heavy atom. The zero-order valence-electron chi connectivity index (χ0n) is 12.5. The minimum absolute atomic E-state index is 0.0214. The number of fused-ring (bicyclic) bond motifs is 2. The molecule has 120 valence electrons. The molecule has 2 heterocycles. The van der Waals surface area contributed by atoms with E-state index in [0.29, 0.717) is 29.1 Å². The number of rotatable bonds is 3. The molecule has 24 heavy (non-hydrogen) atoms. The highest BCUT2D eigenvalue weighted by atomic mass is 16.5. The Balaban J connectivity index is 1.47. The molecule has 0 unspecified atom stereocenters. The summed E-state index contributed by atoms with van der Waals surface area (Å²) in [5.74, 6) is 0.226. The topological polar surface area (TPSA) is 109 Å². The van der Waals surface area contributed by atoms with Crippen molar-refractivity contribution < 1.29 is 14.3 Å². The van der Waals surface area contributed by atoms with Crippen LogP contribution in [-0.2, 0) is 11.3 Å². The predicted molar refractivity (Wildman–Crippen MR) is 85.6 cm³/mol. The Hall–Kier alpha value is -3.42. The Labute approximate surface area is 136 Å². The number of anilines is 1. The molecule has 0 atom stereocenters. The molecule has 8 nitrogen and oxygen atoms in total. The third-order valence-corrected chi connectivity index (χ3v) is 3.72. The van der Waals surface area contributed by atoms with Crippen LogP contribution < -0.4 is 15.4 Å². The summed E-state index contributed by atoms with van der Waals surface area (Å²) in [5.41, 5.74) is 3.39. The summed E-state index contributed by atoms with van der Waals surface area (Å²) < 4.78 is 5.30. The van der Waals surface area contributed by atoms with Gasteiger partial charge in [-0.05, 0) is 35.9 Å². The van der Waals surface area contributed by atoms with Gasteiger partial charge in [0.2, 0.25) is 0 Å². The summed E-state index contributed by atoms with van der Waals surface area (Å²) in [7, 11) is 0. The molecule has 0 saturated carbocycles. The Bertz CT molecular complexity index is 950. The maximum Gasteiger partial charge on any atom is 0.262 e. The highest BCUT2D eigenvalue weighted by Crippen LogP contribution is 2.28. The average molecular weight is 323 g/mol. The molecule has 2 aromatic carbocycles. The van der Waals surface area contributed by atoms with E-state index in [2.05, 4.69) is 26.0 Å². The first-order valence-corrected chi connectivity index (χ1v) is 7.33. The van der Waals surface area contributed by atoms with Crippen molar-refractivity contribution in [2.24, 2.45) is 0 Å². The number of hydrogen-bond acceptors (Lipinski definition) is 5. The summed E-state index contributed by atoms with van der Waals surface area (Å²) in [5, 5.41) is 15.9. The average Bonchev–Trinajstić information content (AvgIpc) is 3.06. The molecule has 3 aromatic rings. The van der Waals surface area contributed by atoms with E-state index in [1.165, 1.54) is 0 Å². The molecule has 0 spiro atoms. The van der Waals surface area contributed by atoms with E-state index in [4.69, 9.17) is 4.74 Å². The number of aromatic nitrogens is 3. The molecular weight excluding hydrogens is 310 g/mol. The molecule has 4 rings (SSSR count). The van der Waals surface area contributed by atoms with Crippen LogP contribution in [0.15, 0.2) is 36.4 Å².